The molecule has 0 N–H and O–H groups in total. The van der Waals surface area contributed by atoms with Crippen LogP contribution in [0, 0.1) is 6.92 Å². The smallest absolute Gasteiger partial charge is 0.307 e. The van der Waals surface area contributed by atoms with E-state index >= 15 is 0 Å². The third kappa shape index (κ3) is 12.1. The third-order valence-electron chi connectivity index (χ3n) is 12.8. The van der Waals surface area contributed by atoms with Crippen LogP contribution in [0.2, 0.25) is 0 Å². The Morgan fingerprint density at radius 3 is 1.41 bits per heavy atom. The van der Waals surface area contributed by atoms with Crippen LogP contribution in [0.3, 0.4) is 0 Å². The maximum absolute atomic E-state index is 13.1. The topological polar surface area (TPSA) is 133 Å². The van der Waals surface area contributed by atoms with Crippen LogP contribution >= 0.6 is 0 Å². The zero-order chi connectivity index (χ0) is 47.2. The van der Waals surface area contributed by atoms with E-state index in [9.17, 15) is 9.59 Å². The molecular formula is C52H68N2O12. The van der Waals surface area contributed by atoms with Crippen LogP contribution in [0.15, 0.2) is 54.6 Å². The van der Waals surface area contributed by atoms with E-state index in [-0.39, 0.29) is 36.9 Å². The number of ether oxygens (including phenoxy) is 10. The number of hydrogen-bond donors (Lipinski definition) is 0. The molecule has 6 rings (SSSR count). The lowest BCUT2D eigenvalue weighted by Crippen LogP contribution is -2.38. The van der Waals surface area contributed by atoms with Gasteiger partial charge in [-0.1, -0.05) is 12.1 Å². The lowest BCUT2D eigenvalue weighted by Gasteiger charge is -2.38. The standard InChI is InChI=1S/C52H68N2O12/c1-34-25-36(29-49(63-8)52(34)64-9)27-42-40-33-48(62-7)46(60-5)31-38(40)16-20-54(42)22-18-51(56)66-24-12-10-11-23-65-50(55)17-21-53-19-15-37-30-45(59-4)47(61-6)32-39(37)41(53)26-35-13-14-43(57-2)44(28-35)58-3/h13-14,25,28-33,41-42H,10-12,15-24,26-27H2,1-9H3. The van der Waals surface area contributed by atoms with Gasteiger partial charge in [0.2, 0.25) is 0 Å². The fourth-order valence-corrected chi connectivity index (χ4v) is 9.34. The molecule has 0 aliphatic carbocycles. The lowest BCUT2D eigenvalue weighted by atomic mass is 9.87. The SMILES string of the molecule is COc1ccc(CC2c3cc(OC)c(OC)cc3CCN2CCC(=O)OCCCCCOC(=O)CCN2CCc3cc(OC)c(OC)cc3C2Cc2cc(C)c(OC)c(OC)c2)cc1OC. The molecule has 0 fully saturated rings. The Hall–Kier alpha value is -5.86. The molecule has 0 bridgehead atoms. The van der Waals surface area contributed by atoms with Gasteiger partial charge in [-0.05, 0) is 133 Å². The van der Waals surface area contributed by atoms with Gasteiger partial charge in [0.1, 0.15) is 0 Å². The first kappa shape index (κ1) is 49.6. The molecular weight excluding hydrogens is 845 g/mol. The van der Waals surface area contributed by atoms with Crippen LogP contribution in [-0.2, 0) is 44.7 Å². The van der Waals surface area contributed by atoms with Gasteiger partial charge in [-0.15, -0.1) is 0 Å². The predicted octanol–water partition coefficient (Wildman–Crippen LogP) is 8.08. The zero-order valence-electron chi connectivity index (χ0n) is 40.3. The number of unbranched alkanes of at least 4 members (excludes halogenated alkanes) is 2. The second kappa shape index (κ2) is 24.1. The van der Waals surface area contributed by atoms with Gasteiger partial charge in [0, 0.05) is 38.3 Å². The number of fused-ring (bicyclic) bond motifs is 2. The highest BCUT2D eigenvalue weighted by Crippen LogP contribution is 2.43. The van der Waals surface area contributed by atoms with E-state index in [1.807, 2.05) is 31.2 Å². The van der Waals surface area contributed by atoms with Crippen molar-refractivity contribution >= 4 is 11.9 Å². The summed E-state index contributed by atoms with van der Waals surface area (Å²) in [5.74, 6) is 5.02. The second-order valence-corrected chi connectivity index (χ2v) is 16.7. The second-order valence-electron chi connectivity index (χ2n) is 16.7. The highest BCUT2D eigenvalue weighted by atomic mass is 16.5. The average molecular weight is 913 g/mol. The highest BCUT2D eigenvalue weighted by molar-refractivity contribution is 5.70. The molecule has 2 aliphatic heterocycles. The van der Waals surface area contributed by atoms with Crippen molar-refractivity contribution in [1.29, 1.82) is 0 Å². The molecule has 0 amide bonds. The number of carbonyl (C=O) groups excluding carboxylic acids is 2. The van der Waals surface area contributed by atoms with Gasteiger partial charge in [0.15, 0.2) is 46.0 Å². The normalized spacial score (nSPS) is 15.8. The molecule has 2 aliphatic rings. The summed E-state index contributed by atoms with van der Waals surface area (Å²) in [6.07, 6.45) is 5.69. The van der Waals surface area contributed by atoms with Gasteiger partial charge in [0.05, 0.1) is 82.9 Å². The summed E-state index contributed by atoms with van der Waals surface area (Å²) in [4.78, 5) is 30.8. The van der Waals surface area contributed by atoms with Gasteiger partial charge in [-0.25, -0.2) is 0 Å². The maximum atomic E-state index is 13.1. The van der Waals surface area contributed by atoms with Crippen molar-refractivity contribution in [3.8, 4) is 46.0 Å². The number of carbonyl (C=O) groups is 2. The first-order chi connectivity index (χ1) is 32.1. The summed E-state index contributed by atoms with van der Waals surface area (Å²) in [7, 11) is 13.1. The molecule has 66 heavy (non-hydrogen) atoms. The predicted molar refractivity (Wildman–Crippen MR) is 251 cm³/mol. The quantitative estimate of drug-likeness (QED) is 0.0496. The van der Waals surface area contributed by atoms with Crippen molar-refractivity contribution in [2.75, 3.05) is 96.3 Å². The summed E-state index contributed by atoms with van der Waals surface area (Å²) in [5, 5.41) is 0. The van der Waals surface area contributed by atoms with E-state index in [1.165, 1.54) is 11.1 Å². The molecule has 14 heteroatoms. The van der Waals surface area contributed by atoms with Gasteiger partial charge in [0.25, 0.3) is 0 Å². The number of esters is 2. The molecule has 0 spiro atoms. The minimum atomic E-state index is -0.234. The third-order valence-corrected chi connectivity index (χ3v) is 12.8. The van der Waals surface area contributed by atoms with Crippen molar-refractivity contribution in [3.63, 3.8) is 0 Å². The molecule has 2 unspecified atom stereocenters. The van der Waals surface area contributed by atoms with Crippen molar-refractivity contribution in [2.24, 2.45) is 0 Å². The summed E-state index contributed by atoms with van der Waals surface area (Å²) < 4.78 is 56.3. The van der Waals surface area contributed by atoms with Crippen LogP contribution in [0.4, 0.5) is 0 Å². The minimum Gasteiger partial charge on any atom is -0.493 e. The number of aryl methyl sites for hydroxylation is 1. The molecule has 2 atom stereocenters. The number of nitrogens with zero attached hydrogens (tertiary/aromatic N) is 2. The van der Waals surface area contributed by atoms with E-state index in [2.05, 4.69) is 40.1 Å². The zero-order valence-corrected chi connectivity index (χ0v) is 40.3. The lowest BCUT2D eigenvalue weighted by molar-refractivity contribution is -0.144. The van der Waals surface area contributed by atoms with E-state index in [0.717, 1.165) is 65.9 Å². The monoisotopic (exact) mass is 912 g/mol. The van der Waals surface area contributed by atoms with Crippen LogP contribution in [-0.4, -0.2) is 118 Å². The van der Waals surface area contributed by atoms with Gasteiger partial charge < -0.3 is 47.4 Å². The van der Waals surface area contributed by atoms with Gasteiger partial charge in [-0.3, -0.25) is 19.4 Å². The number of rotatable bonds is 24. The van der Waals surface area contributed by atoms with Crippen LogP contribution in [0.25, 0.3) is 0 Å². The first-order valence-electron chi connectivity index (χ1n) is 22.8. The van der Waals surface area contributed by atoms with Crippen molar-refractivity contribution in [2.45, 2.75) is 76.8 Å². The summed E-state index contributed by atoms with van der Waals surface area (Å²) in [6.45, 7) is 5.30. The Kier molecular flexibility index (Phi) is 18.1. The molecule has 0 saturated carbocycles. The molecule has 0 saturated heterocycles. The van der Waals surface area contributed by atoms with E-state index in [4.69, 9.17) is 47.4 Å². The minimum absolute atomic E-state index is 0.0118. The first-order valence-corrected chi connectivity index (χ1v) is 22.8. The Balaban J connectivity index is 0.965. The Labute approximate surface area is 390 Å². The highest BCUT2D eigenvalue weighted by Gasteiger charge is 2.32. The Morgan fingerprint density at radius 1 is 0.500 bits per heavy atom. The van der Waals surface area contributed by atoms with Crippen molar-refractivity contribution in [1.82, 2.24) is 9.80 Å². The number of methoxy groups -OCH3 is 8. The molecule has 4 aromatic rings. The fraction of sp³-hybridized carbons (Fsp3) is 0.500. The van der Waals surface area contributed by atoms with Gasteiger partial charge in [-0.2, -0.15) is 0 Å². The van der Waals surface area contributed by atoms with Crippen LogP contribution < -0.4 is 37.9 Å². The van der Waals surface area contributed by atoms with Crippen LogP contribution in [0.5, 0.6) is 46.0 Å². The van der Waals surface area contributed by atoms with E-state index in [0.29, 0.717) is 92.2 Å². The largest absolute Gasteiger partial charge is 0.493 e. The summed E-state index contributed by atoms with van der Waals surface area (Å²) in [5.41, 5.74) is 7.87. The van der Waals surface area contributed by atoms with E-state index in [1.54, 1.807) is 56.9 Å². The average Bonchev–Trinajstić information content (AvgIpc) is 3.34. The summed E-state index contributed by atoms with van der Waals surface area (Å²) in [6, 6.07) is 18.4. The van der Waals surface area contributed by atoms with Crippen molar-refractivity contribution in [3.05, 3.63) is 93.5 Å². The molecule has 0 radical (unpaired) electrons. The molecule has 2 heterocycles. The van der Waals surface area contributed by atoms with Gasteiger partial charge >= 0.3 is 11.9 Å². The Morgan fingerprint density at radius 2 is 0.939 bits per heavy atom. The Bertz CT molecular complexity index is 2260. The molecule has 4 aromatic carbocycles. The fourth-order valence-electron chi connectivity index (χ4n) is 9.34. The number of hydrogen-bond acceptors (Lipinski definition) is 14. The van der Waals surface area contributed by atoms with E-state index < -0.39 is 0 Å². The molecule has 14 nitrogen and oxygen atoms in total. The van der Waals surface area contributed by atoms with Crippen LogP contribution in [0.1, 0.15) is 83.1 Å². The maximum Gasteiger partial charge on any atom is 0.307 e. The summed E-state index contributed by atoms with van der Waals surface area (Å²) >= 11 is 0. The molecule has 358 valence electrons. The van der Waals surface area contributed by atoms with Crippen molar-refractivity contribution < 1.29 is 57.0 Å². The number of benzene rings is 4. The molecule has 0 aromatic heterocycles.